The van der Waals surface area contributed by atoms with Gasteiger partial charge in [0.1, 0.15) is 5.82 Å². The summed E-state index contributed by atoms with van der Waals surface area (Å²) >= 11 is 3.12. The zero-order chi connectivity index (χ0) is 8.43. The molecule has 2 N–H and O–H groups in total. The summed E-state index contributed by atoms with van der Waals surface area (Å²) in [5.41, 5.74) is 7.09. The minimum Gasteiger partial charge on any atom is -0.326 e. The Morgan fingerprint density at radius 2 is 2.18 bits per heavy atom. The molecule has 0 heterocycles. The fraction of sp³-hybridized carbons (Fsp3) is 0.250. The van der Waals surface area contributed by atoms with Gasteiger partial charge >= 0.3 is 0 Å². The topological polar surface area (TPSA) is 26.0 Å². The normalized spacial score (nSPS) is 10.2. The van der Waals surface area contributed by atoms with Crippen molar-refractivity contribution in [3.63, 3.8) is 0 Å². The lowest BCUT2D eigenvalue weighted by atomic mass is 10.1. The van der Waals surface area contributed by atoms with Crippen LogP contribution in [0, 0.1) is 12.7 Å². The molecule has 11 heavy (non-hydrogen) atoms. The first kappa shape index (κ1) is 8.68. The van der Waals surface area contributed by atoms with Gasteiger partial charge in [0.05, 0.1) is 4.47 Å². The molecule has 0 bridgehead atoms. The van der Waals surface area contributed by atoms with Crippen molar-refractivity contribution in [2.75, 3.05) is 0 Å². The summed E-state index contributed by atoms with van der Waals surface area (Å²) in [5, 5.41) is 0. The van der Waals surface area contributed by atoms with E-state index in [-0.39, 0.29) is 5.82 Å². The van der Waals surface area contributed by atoms with Crippen molar-refractivity contribution >= 4 is 15.9 Å². The molecule has 0 unspecified atom stereocenters. The fourth-order valence-electron chi connectivity index (χ4n) is 0.945. The molecule has 0 aliphatic rings. The van der Waals surface area contributed by atoms with E-state index in [1.165, 1.54) is 6.07 Å². The van der Waals surface area contributed by atoms with E-state index >= 15 is 0 Å². The Balaban J connectivity index is 3.24. The third-order valence-corrected chi connectivity index (χ3v) is 2.36. The average molecular weight is 218 g/mol. The van der Waals surface area contributed by atoms with Crippen molar-refractivity contribution < 1.29 is 4.39 Å². The highest BCUT2D eigenvalue weighted by molar-refractivity contribution is 9.10. The summed E-state index contributed by atoms with van der Waals surface area (Å²) in [6.07, 6.45) is 0. The first-order valence-corrected chi connectivity index (χ1v) is 4.09. The van der Waals surface area contributed by atoms with Crippen LogP contribution in [-0.2, 0) is 6.54 Å². The van der Waals surface area contributed by atoms with Gasteiger partial charge in [0, 0.05) is 6.54 Å². The lowest BCUT2D eigenvalue weighted by Crippen LogP contribution is -1.99. The van der Waals surface area contributed by atoms with Gasteiger partial charge in [-0.2, -0.15) is 0 Å². The van der Waals surface area contributed by atoms with Gasteiger partial charge in [0.2, 0.25) is 0 Å². The van der Waals surface area contributed by atoms with E-state index in [2.05, 4.69) is 15.9 Å². The molecule has 0 aliphatic carbocycles. The quantitative estimate of drug-likeness (QED) is 0.769. The molecule has 0 saturated heterocycles. The van der Waals surface area contributed by atoms with Crippen LogP contribution < -0.4 is 5.73 Å². The van der Waals surface area contributed by atoms with Gasteiger partial charge in [-0.05, 0) is 40.0 Å². The van der Waals surface area contributed by atoms with Crippen molar-refractivity contribution in [3.05, 3.63) is 33.5 Å². The van der Waals surface area contributed by atoms with Crippen LogP contribution in [0.2, 0.25) is 0 Å². The van der Waals surface area contributed by atoms with Crippen molar-refractivity contribution in [3.8, 4) is 0 Å². The number of nitrogens with two attached hydrogens (primary N) is 1. The van der Waals surface area contributed by atoms with Crippen LogP contribution in [0.15, 0.2) is 16.6 Å². The standard InChI is InChI=1S/C8H9BrFN/c1-5-2-6(4-11)8(9)7(10)3-5/h2-3H,4,11H2,1H3. The minimum absolute atomic E-state index is 0.245. The Morgan fingerprint density at radius 1 is 1.55 bits per heavy atom. The van der Waals surface area contributed by atoms with Gasteiger partial charge in [-0.1, -0.05) is 6.07 Å². The SMILES string of the molecule is Cc1cc(F)c(Br)c(CN)c1. The Hall–Kier alpha value is -0.410. The van der Waals surface area contributed by atoms with E-state index in [4.69, 9.17) is 5.73 Å². The second kappa shape index (κ2) is 3.32. The monoisotopic (exact) mass is 217 g/mol. The van der Waals surface area contributed by atoms with E-state index in [0.717, 1.165) is 11.1 Å². The molecule has 0 aromatic heterocycles. The van der Waals surface area contributed by atoms with Gasteiger partial charge in [-0.15, -0.1) is 0 Å². The Labute approximate surface area is 73.5 Å². The third kappa shape index (κ3) is 1.79. The molecule has 1 aromatic carbocycles. The number of hydrogen-bond donors (Lipinski definition) is 1. The van der Waals surface area contributed by atoms with Crippen LogP contribution in [0.4, 0.5) is 4.39 Å². The smallest absolute Gasteiger partial charge is 0.137 e. The third-order valence-electron chi connectivity index (χ3n) is 1.47. The maximum Gasteiger partial charge on any atom is 0.137 e. The van der Waals surface area contributed by atoms with Gasteiger partial charge in [0.15, 0.2) is 0 Å². The summed E-state index contributed by atoms with van der Waals surface area (Å²) in [4.78, 5) is 0. The maximum absolute atomic E-state index is 12.9. The number of rotatable bonds is 1. The van der Waals surface area contributed by atoms with Gasteiger partial charge < -0.3 is 5.73 Å². The molecule has 60 valence electrons. The van der Waals surface area contributed by atoms with E-state index in [1.54, 1.807) is 0 Å². The van der Waals surface area contributed by atoms with Crippen LogP contribution in [0.25, 0.3) is 0 Å². The zero-order valence-corrected chi connectivity index (χ0v) is 7.78. The molecular formula is C8H9BrFN. The molecule has 0 saturated carbocycles. The number of aryl methyl sites for hydroxylation is 1. The second-order valence-electron chi connectivity index (χ2n) is 2.42. The summed E-state index contributed by atoms with van der Waals surface area (Å²) < 4.78 is 13.4. The van der Waals surface area contributed by atoms with Crippen molar-refractivity contribution in [2.24, 2.45) is 5.73 Å². The molecule has 1 nitrogen and oxygen atoms in total. The fourth-order valence-corrected chi connectivity index (χ4v) is 1.34. The van der Waals surface area contributed by atoms with Crippen LogP contribution in [-0.4, -0.2) is 0 Å². The summed E-state index contributed by atoms with van der Waals surface area (Å²) in [7, 11) is 0. The van der Waals surface area contributed by atoms with E-state index in [0.29, 0.717) is 11.0 Å². The molecule has 1 aromatic rings. The first-order valence-electron chi connectivity index (χ1n) is 3.29. The molecule has 0 fully saturated rings. The van der Waals surface area contributed by atoms with E-state index in [1.807, 2.05) is 13.0 Å². The van der Waals surface area contributed by atoms with Crippen LogP contribution in [0.5, 0.6) is 0 Å². The van der Waals surface area contributed by atoms with Gasteiger partial charge in [-0.3, -0.25) is 0 Å². The van der Waals surface area contributed by atoms with Gasteiger partial charge in [-0.25, -0.2) is 4.39 Å². The number of hydrogen-bond acceptors (Lipinski definition) is 1. The molecule has 0 aliphatic heterocycles. The summed E-state index contributed by atoms with van der Waals surface area (Å²) in [6, 6.07) is 3.34. The maximum atomic E-state index is 12.9. The predicted molar refractivity (Wildman–Crippen MR) is 46.7 cm³/mol. The Bertz CT molecular complexity index is 273. The minimum atomic E-state index is -0.245. The van der Waals surface area contributed by atoms with E-state index in [9.17, 15) is 4.39 Å². The molecule has 0 atom stereocenters. The number of halogens is 2. The highest BCUT2D eigenvalue weighted by atomic mass is 79.9. The largest absolute Gasteiger partial charge is 0.326 e. The second-order valence-corrected chi connectivity index (χ2v) is 3.22. The van der Waals surface area contributed by atoms with Crippen LogP contribution >= 0.6 is 15.9 Å². The van der Waals surface area contributed by atoms with Crippen LogP contribution in [0.3, 0.4) is 0 Å². The van der Waals surface area contributed by atoms with E-state index < -0.39 is 0 Å². The summed E-state index contributed by atoms with van der Waals surface area (Å²) in [6.45, 7) is 2.20. The summed E-state index contributed by atoms with van der Waals surface area (Å²) in [5.74, 6) is -0.245. The zero-order valence-electron chi connectivity index (χ0n) is 6.20. The Kier molecular flexibility index (Phi) is 2.62. The van der Waals surface area contributed by atoms with Crippen molar-refractivity contribution in [2.45, 2.75) is 13.5 Å². The highest BCUT2D eigenvalue weighted by Gasteiger charge is 2.04. The molecule has 0 spiro atoms. The Morgan fingerprint density at radius 3 is 2.73 bits per heavy atom. The molecule has 0 amide bonds. The lowest BCUT2D eigenvalue weighted by molar-refractivity contribution is 0.617. The molecule has 1 rings (SSSR count). The predicted octanol–water partition coefficient (Wildman–Crippen LogP) is 2.36. The van der Waals surface area contributed by atoms with Crippen molar-refractivity contribution in [1.82, 2.24) is 0 Å². The number of benzene rings is 1. The molecular weight excluding hydrogens is 209 g/mol. The molecule has 0 radical (unpaired) electrons. The van der Waals surface area contributed by atoms with Gasteiger partial charge in [0.25, 0.3) is 0 Å². The highest BCUT2D eigenvalue weighted by Crippen LogP contribution is 2.21. The average Bonchev–Trinajstić information content (AvgIpc) is 1.96. The molecule has 3 heteroatoms. The lowest BCUT2D eigenvalue weighted by Gasteiger charge is -2.03. The van der Waals surface area contributed by atoms with Crippen LogP contribution in [0.1, 0.15) is 11.1 Å². The van der Waals surface area contributed by atoms with Crippen molar-refractivity contribution in [1.29, 1.82) is 0 Å². The first-order chi connectivity index (χ1) is 5.15.